The van der Waals surface area contributed by atoms with Crippen LogP contribution in [0.15, 0.2) is 24.3 Å². The molecule has 0 aromatic heterocycles. The van der Waals surface area contributed by atoms with Crippen LogP contribution in [0.3, 0.4) is 0 Å². The Labute approximate surface area is 94.0 Å². The summed E-state index contributed by atoms with van der Waals surface area (Å²) in [6.07, 6.45) is 6.27. The zero-order valence-corrected chi connectivity index (χ0v) is 9.67. The first-order valence-electron chi connectivity index (χ1n) is 5.23. The Hall–Kier alpha value is -1.19. The normalized spacial score (nSPS) is 23.2. The number of rotatable bonds is 3. The molecule has 2 nitrogen and oxygen atoms in total. The highest BCUT2D eigenvalue weighted by atomic mass is 19.3. The van der Waals surface area contributed by atoms with Gasteiger partial charge >= 0.3 is 11.9 Å². The van der Waals surface area contributed by atoms with Crippen molar-refractivity contribution in [3.63, 3.8) is 0 Å². The van der Waals surface area contributed by atoms with Gasteiger partial charge in [0.2, 0.25) is 0 Å². The van der Waals surface area contributed by atoms with Gasteiger partial charge in [0.05, 0.1) is 12.5 Å². The molecule has 1 unspecified atom stereocenters. The van der Waals surface area contributed by atoms with Crippen molar-refractivity contribution in [3.05, 3.63) is 24.3 Å². The molecule has 0 saturated heterocycles. The molecule has 1 aliphatic rings. The Morgan fingerprint density at radius 1 is 1.44 bits per heavy atom. The Balaban J connectivity index is 2.95. The van der Waals surface area contributed by atoms with Crippen LogP contribution in [0.4, 0.5) is 8.78 Å². The Morgan fingerprint density at radius 2 is 2.06 bits per heavy atom. The van der Waals surface area contributed by atoms with Crippen LogP contribution < -0.4 is 0 Å². The maximum absolute atomic E-state index is 13.8. The highest BCUT2D eigenvalue weighted by Gasteiger charge is 2.53. The molecule has 0 saturated carbocycles. The zero-order valence-electron chi connectivity index (χ0n) is 9.67. The van der Waals surface area contributed by atoms with E-state index in [0.29, 0.717) is 0 Å². The molecule has 0 radical (unpaired) electrons. The van der Waals surface area contributed by atoms with Crippen molar-refractivity contribution in [2.45, 2.75) is 26.7 Å². The summed E-state index contributed by atoms with van der Waals surface area (Å²) in [6.45, 7) is 4.81. The molecule has 0 N–H and O–H groups in total. The van der Waals surface area contributed by atoms with Gasteiger partial charge in [-0.1, -0.05) is 38.2 Å². The van der Waals surface area contributed by atoms with Crippen LogP contribution in [-0.2, 0) is 9.53 Å². The molecule has 0 spiro atoms. The zero-order chi connectivity index (χ0) is 12.4. The predicted molar refractivity (Wildman–Crippen MR) is 57.1 cm³/mol. The van der Waals surface area contributed by atoms with Gasteiger partial charge in [-0.15, -0.1) is 0 Å². The van der Waals surface area contributed by atoms with E-state index in [2.05, 4.69) is 4.74 Å². The molecule has 0 amide bonds. The summed E-state index contributed by atoms with van der Waals surface area (Å²) in [6, 6.07) is 0. The van der Waals surface area contributed by atoms with Crippen molar-refractivity contribution in [3.8, 4) is 0 Å². The number of hydrogen-bond donors (Lipinski definition) is 0. The average Bonchev–Trinajstić information content (AvgIpc) is 2.16. The van der Waals surface area contributed by atoms with Gasteiger partial charge in [-0.2, -0.15) is 8.78 Å². The van der Waals surface area contributed by atoms with E-state index in [-0.39, 0.29) is 6.61 Å². The minimum Gasteiger partial charge on any atom is -0.462 e. The van der Waals surface area contributed by atoms with Gasteiger partial charge in [-0.25, -0.2) is 4.79 Å². The molecular formula is C12H16F2O2. The summed E-state index contributed by atoms with van der Waals surface area (Å²) in [5.41, 5.74) is -0.759. The molecule has 0 aromatic rings. The second-order valence-electron chi connectivity index (χ2n) is 4.39. The van der Waals surface area contributed by atoms with Crippen LogP contribution in [0, 0.1) is 11.3 Å². The molecule has 0 aromatic carbocycles. The van der Waals surface area contributed by atoms with Crippen molar-refractivity contribution in [2.24, 2.45) is 11.3 Å². The fourth-order valence-electron chi connectivity index (χ4n) is 1.77. The van der Waals surface area contributed by atoms with E-state index in [0.717, 1.165) is 0 Å². The number of hydrogen-bond acceptors (Lipinski definition) is 2. The summed E-state index contributed by atoms with van der Waals surface area (Å²) in [5, 5.41) is 0. The van der Waals surface area contributed by atoms with Gasteiger partial charge in [-0.05, 0) is 12.3 Å². The molecule has 0 bridgehead atoms. The maximum atomic E-state index is 13.8. The van der Waals surface area contributed by atoms with Crippen LogP contribution in [0.1, 0.15) is 20.8 Å². The average molecular weight is 230 g/mol. The van der Waals surface area contributed by atoms with Crippen LogP contribution in [-0.4, -0.2) is 18.5 Å². The van der Waals surface area contributed by atoms with Gasteiger partial charge in [0.25, 0.3) is 0 Å². The third-order valence-electron chi connectivity index (χ3n) is 2.68. The largest absolute Gasteiger partial charge is 0.462 e. The van der Waals surface area contributed by atoms with Crippen LogP contribution in [0.5, 0.6) is 0 Å². The van der Waals surface area contributed by atoms with E-state index < -0.39 is 23.2 Å². The van der Waals surface area contributed by atoms with Crippen molar-refractivity contribution in [1.29, 1.82) is 0 Å². The van der Waals surface area contributed by atoms with Crippen LogP contribution in [0.2, 0.25) is 0 Å². The third kappa shape index (κ3) is 2.31. The van der Waals surface area contributed by atoms with E-state index in [9.17, 15) is 13.6 Å². The fourth-order valence-corrected chi connectivity index (χ4v) is 1.77. The highest BCUT2D eigenvalue weighted by Crippen LogP contribution is 2.43. The first-order chi connectivity index (χ1) is 7.32. The Kier molecular flexibility index (Phi) is 3.51. The number of carbonyl (C=O) groups excluding carboxylic acids is 1. The fraction of sp³-hybridized carbons (Fsp3) is 0.583. The smallest absolute Gasteiger partial charge is 0.377 e. The molecule has 1 rings (SSSR count). The van der Waals surface area contributed by atoms with Gasteiger partial charge in [0.1, 0.15) is 0 Å². The lowest BCUT2D eigenvalue weighted by molar-refractivity contribution is -0.181. The van der Waals surface area contributed by atoms with Gasteiger partial charge in [0.15, 0.2) is 0 Å². The summed E-state index contributed by atoms with van der Waals surface area (Å²) in [7, 11) is 0. The van der Waals surface area contributed by atoms with Crippen molar-refractivity contribution < 1.29 is 18.3 Å². The molecule has 4 heteroatoms. The van der Waals surface area contributed by atoms with Crippen molar-refractivity contribution in [1.82, 2.24) is 0 Å². The van der Waals surface area contributed by atoms with Gasteiger partial charge in [-0.3, -0.25) is 0 Å². The minimum atomic E-state index is -3.49. The first kappa shape index (κ1) is 12.9. The summed E-state index contributed by atoms with van der Waals surface area (Å²) >= 11 is 0. The van der Waals surface area contributed by atoms with E-state index in [1.165, 1.54) is 19.1 Å². The van der Waals surface area contributed by atoms with E-state index >= 15 is 0 Å². The van der Waals surface area contributed by atoms with Crippen molar-refractivity contribution in [2.75, 3.05) is 6.61 Å². The summed E-state index contributed by atoms with van der Waals surface area (Å²) < 4.78 is 32.1. The SMILES string of the molecule is CCOC(=O)C(F)(F)C1C=CC=CC1(C)C. The highest BCUT2D eigenvalue weighted by molar-refractivity contribution is 5.78. The quantitative estimate of drug-likeness (QED) is 0.697. The third-order valence-corrected chi connectivity index (χ3v) is 2.68. The van der Waals surface area contributed by atoms with Crippen LogP contribution in [0.25, 0.3) is 0 Å². The number of carbonyl (C=O) groups is 1. The second kappa shape index (κ2) is 4.36. The topological polar surface area (TPSA) is 26.3 Å². The molecule has 0 heterocycles. The van der Waals surface area contributed by atoms with E-state index in [1.807, 2.05) is 0 Å². The van der Waals surface area contributed by atoms with E-state index in [4.69, 9.17) is 0 Å². The molecule has 1 aliphatic carbocycles. The predicted octanol–water partition coefficient (Wildman–Crippen LogP) is 2.95. The standard InChI is InChI=1S/C12H16F2O2/c1-4-16-10(15)12(13,14)9-7-5-6-8-11(9,2)3/h5-9H,4H2,1-3H3. The lowest BCUT2D eigenvalue weighted by Gasteiger charge is -2.35. The number of esters is 1. The number of allylic oxidation sites excluding steroid dienone is 4. The lowest BCUT2D eigenvalue weighted by Crippen LogP contribution is -2.44. The molecule has 90 valence electrons. The number of alkyl halides is 2. The number of halogens is 2. The molecule has 0 fully saturated rings. The Bertz CT molecular complexity index is 330. The van der Waals surface area contributed by atoms with E-state index in [1.54, 1.807) is 26.0 Å². The molecule has 1 atom stereocenters. The summed E-state index contributed by atoms with van der Waals surface area (Å²) in [4.78, 5) is 11.2. The summed E-state index contributed by atoms with van der Waals surface area (Å²) in [5.74, 6) is -6.10. The Morgan fingerprint density at radius 3 is 2.56 bits per heavy atom. The number of ether oxygens (including phenoxy) is 1. The second-order valence-corrected chi connectivity index (χ2v) is 4.39. The maximum Gasteiger partial charge on any atom is 0.377 e. The van der Waals surface area contributed by atoms with Gasteiger partial charge < -0.3 is 4.74 Å². The van der Waals surface area contributed by atoms with Gasteiger partial charge in [0, 0.05) is 0 Å². The monoisotopic (exact) mass is 230 g/mol. The molecular weight excluding hydrogens is 214 g/mol. The molecule has 16 heavy (non-hydrogen) atoms. The lowest BCUT2D eigenvalue weighted by atomic mass is 9.73. The van der Waals surface area contributed by atoms with Crippen molar-refractivity contribution >= 4 is 5.97 Å². The molecule has 0 aliphatic heterocycles. The van der Waals surface area contributed by atoms with Crippen LogP contribution >= 0.6 is 0 Å². The minimum absolute atomic E-state index is 0.0406. The first-order valence-corrected chi connectivity index (χ1v) is 5.23.